The Bertz CT molecular complexity index is 1090. The molecule has 2 aromatic rings. The number of nitrogens with one attached hydrogen (secondary N) is 2. The molecule has 2 N–H and O–H groups in total. The third-order valence-electron chi connectivity index (χ3n) is 6.47. The molecule has 198 valence electrons. The van der Waals surface area contributed by atoms with E-state index in [0.29, 0.717) is 50.7 Å². The quantitative estimate of drug-likeness (QED) is 0.562. The number of fused-ring (bicyclic) bond motifs is 1. The van der Waals surface area contributed by atoms with Gasteiger partial charge in [-0.1, -0.05) is 0 Å². The summed E-state index contributed by atoms with van der Waals surface area (Å²) in [7, 11) is 0. The number of carbonyl (C=O) groups excluding carboxylic acids is 1. The van der Waals surface area contributed by atoms with Crippen LogP contribution in [0.5, 0.6) is 0 Å². The molecule has 2 aliphatic heterocycles. The van der Waals surface area contributed by atoms with Gasteiger partial charge in [0, 0.05) is 55.8 Å². The SMILES string of the molecule is CC(C)(C)NCCn1cc(C(F)(F)F)nc1C1CCN(c2ncnc3c2[C@H](C(F)F)CC(=O)N3)CC1. The van der Waals surface area contributed by atoms with Crippen molar-refractivity contribution in [1.82, 2.24) is 24.8 Å². The predicted octanol–water partition coefficient (Wildman–Crippen LogP) is 4.15. The Morgan fingerprint density at radius 2 is 1.86 bits per heavy atom. The molecular formula is C23H30F5N7O. The summed E-state index contributed by atoms with van der Waals surface area (Å²) >= 11 is 0. The Labute approximate surface area is 205 Å². The molecule has 2 aliphatic rings. The van der Waals surface area contributed by atoms with Crippen molar-refractivity contribution in [2.75, 3.05) is 29.9 Å². The van der Waals surface area contributed by atoms with E-state index in [4.69, 9.17) is 0 Å². The first-order valence-electron chi connectivity index (χ1n) is 11.9. The summed E-state index contributed by atoms with van der Waals surface area (Å²) in [6, 6.07) is 0. The molecule has 0 aliphatic carbocycles. The molecule has 0 spiro atoms. The molecule has 0 aromatic carbocycles. The Morgan fingerprint density at radius 3 is 2.47 bits per heavy atom. The largest absolute Gasteiger partial charge is 0.434 e. The van der Waals surface area contributed by atoms with E-state index in [-0.39, 0.29) is 29.3 Å². The van der Waals surface area contributed by atoms with Gasteiger partial charge in [-0.2, -0.15) is 13.2 Å². The van der Waals surface area contributed by atoms with E-state index in [2.05, 4.69) is 25.6 Å². The van der Waals surface area contributed by atoms with Gasteiger partial charge < -0.3 is 20.1 Å². The first-order chi connectivity index (χ1) is 16.8. The molecule has 36 heavy (non-hydrogen) atoms. The van der Waals surface area contributed by atoms with Gasteiger partial charge in [0.25, 0.3) is 0 Å². The molecular weight excluding hydrogens is 485 g/mol. The van der Waals surface area contributed by atoms with Crippen LogP contribution in [0.25, 0.3) is 0 Å². The molecule has 0 saturated carbocycles. The second-order valence-electron chi connectivity index (χ2n) is 10.3. The average molecular weight is 516 g/mol. The van der Waals surface area contributed by atoms with Gasteiger partial charge in [-0.25, -0.2) is 23.7 Å². The van der Waals surface area contributed by atoms with Crippen molar-refractivity contribution in [2.24, 2.45) is 0 Å². The zero-order chi connectivity index (χ0) is 26.3. The maximum absolute atomic E-state index is 13.8. The third kappa shape index (κ3) is 5.76. The number of piperidine rings is 1. The number of aromatic nitrogens is 4. The van der Waals surface area contributed by atoms with E-state index in [9.17, 15) is 26.7 Å². The van der Waals surface area contributed by atoms with Gasteiger partial charge in [-0.05, 0) is 33.6 Å². The molecule has 0 radical (unpaired) electrons. The van der Waals surface area contributed by atoms with Crippen LogP contribution < -0.4 is 15.5 Å². The molecule has 4 rings (SSSR count). The van der Waals surface area contributed by atoms with Crippen LogP contribution in [-0.4, -0.2) is 57.0 Å². The van der Waals surface area contributed by atoms with Crippen molar-refractivity contribution < 1.29 is 26.7 Å². The number of rotatable bonds is 6. The zero-order valence-electron chi connectivity index (χ0n) is 20.4. The van der Waals surface area contributed by atoms with Gasteiger partial charge in [0.05, 0.1) is 5.92 Å². The van der Waals surface area contributed by atoms with Crippen molar-refractivity contribution >= 4 is 17.5 Å². The van der Waals surface area contributed by atoms with E-state index in [0.717, 1.165) is 6.20 Å². The first kappa shape index (κ1) is 26.2. The number of imidazole rings is 1. The number of anilines is 2. The number of hydrogen-bond acceptors (Lipinski definition) is 6. The highest BCUT2D eigenvalue weighted by Crippen LogP contribution is 2.42. The maximum atomic E-state index is 13.8. The summed E-state index contributed by atoms with van der Waals surface area (Å²) in [4.78, 5) is 25.9. The highest BCUT2D eigenvalue weighted by Gasteiger charge is 2.39. The van der Waals surface area contributed by atoms with Crippen molar-refractivity contribution in [3.63, 3.8) is 0 Å². The first-order valence-corrected chi connectivity index (χ1v) is 11.9. The summed E-state index contributed by atoms with van der Waals surface area (Å²) in [6.07, 6.45) is -4.43. The van der Waals surface area contributed by atoms with E-state index in [1.807, 2.05) is 25.7 Å². The number of halogens is 5. The minimum absolute atomic E-state index is 0.0837. The van der Waals surface area contributed by atoms with Crippen molar-refractivity contribution in [2.45, 2.75) is 76.6 Å². The van der Waals surface area contributed by atoms with E-state index in [1.165, 1.54) is 6.33 Å². The number of hydrogen-bond donors (Lipinski definition) is 2. The number of carbonyl (C=O) groups is 1. The van der Waals surface area contributed by atoms with Gasteiger partial charge >= 0.3 is 6.18 Å². The van der Waals surface area contributed by atoms with Crippen LogP contribution in [0.3, 0.4) is 0 Å². The topological polar surface area (TPSA) is 88.0 Å². The summed E-state index contributed by atoms with van der Waals surface area (Å²) in [5, 5.41) is 5.82. The molecule has 1 fully saturated rings. The maximum Gasteiger partial charge on any atom is 0.434 e. The van der Waals surface area contributed by atoms with Gasteiger partial charge in [0.15, 0.2) is 5.69 Å². The molecule has 8 nitrogen and oxygen atoms in total. The molecule has 0 unspecified atom stereocenters. The minimum atomic E-state index is -4.55. The van der Waals surface area contributed by atoms with Crippen LogP contribution in [0.4, 0.5) is 33.6 Å². The fourth-order valence-corrected chi connectivity index (χ4v) is 4.75. The molecule has 1 atom stereocenters. The summed E-state index contributed by atoms with van der Waals surface area (Å²) in [5.41, 5.74) is -0.888. The normalized spacial score (nSPS) is 19.5. The Hall–Kier alpha value is -2.83. The lowest BCUT2D eigenvalue weighted by atomic mass is 9.91. The fourth-order valence-electron chi connectivity index (χ4n) is 4.75. The minimum Gasteiger partial charge on any atom is -0.356 e. The second-order valence-corrected chi connectivity index (χ2v) is 10.3. The van der Waals surface area contributed by atoms with Crippen LogP contribution in [-0.2, 0) is 17.5 Å². The molecule has 4 heterocycles. The van der Waals surface area contributed by atoms with E-state index >= 15 is 0 Å². The number of alkyl halides is 5. The van der Waals surface area contributed by atoms with Gasteiger partial charge in [0.1, 0.15) is 23.8 Å². The monoisotopic (exact) mass is 515 g/mol. The van der Waals surface area contributed by atoms with Gasteiger partial charge in [0.2, 0.25) is 12.3 Å². The van der Waals surface area contributed by atoms with Crippen LogP contribution in [0.2, 0.25) is 0 Å². The van der Waals surface area contributed by atoms with E-state index < -0.39 is 30.1 Å². The molecule has 1 amide bonds. The van der Waals surface area contributed by atoms with Crippen LogP contribution in [0.1, 0.15) is 69.0 Å². The highest BCUT2D eigenvalue weighted by atomic mass is 19.4. The predicted molar refractivity (Wildman–Crippen MR) is 123 cm³/mol. The average Bonchev–Trinajstić information content (AvgIpc) is 3.22. The molecule has 1 saturated heterocycles. The summed E-state index contributed by atoms with van der Waals surface area (Å²) < 4.78 is 69.4. The molecule has 0 bridgehead atoms. The zero-order valence-corrected chi connectivity index (χ0v) is 20.4. The van der Waals surface area contributed by atoms with Gasteiger partial charge in [-0.3, -0.25) is 4.79 Å². The summed E-state index contributed by atoms with van der Waals surface area (Å²) in [5.74, 6) is -1.27. The van der Waals surface area contributed by atoms with Crippen LogP contribution in [0.15, 0.2) is 12.5 Å². The second kappa shape index (κ2) is 9.91. The fraction of sp³-hybridized carbons (Fsp3) is 0.652. The van der Waals surface area contributed by atoms with Crippen LogP contribution in [0, 0.1) is 0 Å². The Kier molecular flexibility index (Phi) is 7.22. The van der Waals surface area contributed by atoms with Crippen molar-refractivity contribution in [3.05, 3.63) is 29.6 Å². The van der Waals surface area contributed by atoms with Crippen molar-refractivity contribution in [3.8, 4) is 0 Å². The lowest BCUT2D eigenvalue weighted by Crippen LogP contribution is -2.38. The van der Waals surface area contributed by atoms with Crippen LogP contribution >= 0.6 is 0 Å². The standard InChI is InChI=1S/C23H30F5N7O/c1-22(2,3)31-6-9-35-11-15(23(26,27)28)32-20(35)13-4-7-34(8-5-13)21-17-14(18(24)25)10-16(36)33-19(17)29-12-30-21/h11-14,18,31H,4-10H2,1-3H3,(H,29,30,33,36)/t14-/m1/s1. The van der Waals surface area contributed by atoms with E-state index in [1.54, 1.807) is 4.57 Å². The Balaban J connectivity index is 1.53. The number of nitrogens with zero attached hydrogens (tertiary/aromatic N) is 5. The smallest absolute Gasteiger partial charge is 0.356 e. The highest BCUT2D eigenvalue weighted by molar-refractivity contribution is 5.94. The molecule has 2 aromatic heterocycles. The molecule has 13 heteroatoms. The van der Waals surface area contributed by atoms with Gasteiger partial charge in [-0.15, -0.1) is 0 Å². The van der Waals surface area contributed by atoms with Crippen molar-refractivity contribution in [1.29, 1.82) is 0 Å². The summed E-state index contributed by atoms with van der Waals surface area (Å²) in [6.45, 7) is 7.55. The lowest BCUT2D eigenvalue weighted by Gasteiger charge is -2.36. The Morgan fingerprint density at radius 1 is 1.17 bits per heavy atom. The number of amides is 1. The lowest BCUT2D eigenvalue weighted by molar-refractivity contribution is -0.141. The third-order valence-corrected chi connectivity index (χ3v) is 6.47.